The third-order valence-corrected chi connectivity index (χ3v) is 2.80. The van der Waals surface area contributed by atoms with Crippen LogP contribution in [0.3, 0.4) is 0 Å². The first-order valence-electron chi connectivity index (χ1n) is 6.51. The highest BCUT2D eigenvalue weighted by Gasteiger charge is 2.17. The van der Waals surface area contributed by atoms with Crippen molar-refractivity contribution < 1.29 is 18.3 Å². The molecule has 0 saturated carbocycles. The molecule has 1 aromatic heterocycles. The summed E-state index contributed by atoms with van der Waals surface area (Å²) < 4.78 is 34.5. The molecule has 0 aliphatic carbocycles. The van der Waals surface area contributed by atoms with E-state index >= 15 is 0 Å². The van der Waals surface area contributed by atoms with E-state index in [-0.39, 0.29) is 41.1 Å². The van der Waals surface area contributed by atoms with Crippen LogP contribution in [0.5, 0.6) is 11.5 Å². The minimum atomic E-state index is -2.99. The van der Waals surface area contributed by atoms with E-state index in [2.05, 4.69) is 14.7 Å². The summed E-state index contributed by atoms with van der Waals surface area (Å²) >= 11 is 0. The average Bonchev–Trinajstić information content (AvgIpc) is 2.48. The van der Waals surface area contributed by atoms with Crippen molar-refractivity contribution in [2.24, 2.45) is 0 Å². The van der Waals surface area contributed by atoms with Crippen molar-refractivity contribution >= 4 is 11.8 Å². The van der Waals surface area contributed by atoms with Crippen molar-refractivity contribution in [2.45, 2.75) is 13.5 Å². The highest BCUT2D eigenvalue weighted by molar-refractivity contribution is 5.74. The van der Waals surface area contributed by atoms with Crippen molar-refractivity contribution in [3.05, 3.63) is 23.8 Å². The van der Waals surface area contributed by atoms with Gasteiger partial charge in [0, 0.05) is 5.56 Å². The predicted octanol–water partition coefficient (Wildman–Crippen LogP) is 2.18. The molecule has 0 bridgehead atoms. The zero-order valence-corrected chi connectivity index (χ0v) is 12.1. The second-order valence-electron chi connectivity index (χ2n) is 4.28. The van der Waals surface area contributed by atoms with Crippen LogP contribution in [0.2, 0.25) is 0 Å². The summed E-state index contributed by atoms with van der Waals surface area (Å²) in [5.74, 6) is -0.215. The molecule has 23 heavy (non-hydrogen) atoms. The van der Waals surface area contributed by atoms with E-state index in [9.17, 15) is 14.0 Å². The van der Waals surface area contributed by atoms with Gasteiger partial charge in [0.1, 0.15) is 17.5 Å². The number of hydrogen-bond donors (Lipinski definition) is 2. The number of rotatable bonds is 5. The van der Waals surface area contributed by atoms with Crippen LogP contribution in [0.4, 0.5) is 20.5 Å². The van der Waals surface area contributed by atoms with Gasteiger partial charge in [-0.15, -0.1) is 0 Å². The Morgan fingerprint density at radius 2 is 2.00 bits per heavy atom. The molecular formula is C14H13F2N5O2. The Morgan fingerprint density at radius 3 is 2.61 bits per heavy atom. The Kier molecular flexibility index (Phi) is 4.75. The predicted molar refractivity (Wildman–Crippen MR) is 78.8 cm³/mol. The number of nitrogens with zero attached hydrogens (tertiary/aromatic N) is 3. The Labute approximate surface area is 130 Å². The standard InChI is InChI=1S/C14H13F2N5O2/c1-2-22-10-5-7(3-4-9(10)23-13(15)16)11-8(6-17)12(18)21-14(19)20-11/h3-5,13H,2H2,1H3,(H4,18,19,20,21). The van der Waals surface area contributed by atoms with Crippen molar-refractivity contribution in [1.82, 2.24) is 9.97 Å². The molecule has 4 N–H and O–H groups in total. The number of anilines is 2. The molecule has 0 aliphatic rings. The lowest BCUT2D eigenvalue weighted by Crippen LogP contribution is -2.06. The van der Waals surface area contributed by atoms with Crippen LogP contribution in [-0.2, 0) is 0 Å². The van der Waals surface area contributed by atoms with E-state index in [1.807, 2.05) is 6.07 Å². The fourth-order valence-electron chi connectivity index (χ4n) is 1.93. The molecule has 0 saturated heterocycles. The zero-order chi connectivity index (χ0) is 17.0. The first-order chi connectivity index (χ1) is 11.0. The van der Waals surface area contributed by atoms with Crippen LogP contribution < -0.4 is 20.9 Å². The second kappa shape index (κ2) is 6.74. The Hall–Kier alpha value is -3.15. The lowest BCUT2D eigenvalue weighted by molar-refractivity contribution is -0.0514. The summed E-state index contributed by atoms with van der Waals surface area (Å²) in [6, 6.07) is 6.05. The van der Waals surface area contributed by atoms with Crippen LogP contribution >= 0.6 is 0 Å². The van der Waals surface area contributed by atoms with E-state index < -0.39 is 6.61 Å². The summed E-state index contributed by atoms with van der Waals surface area (Å²) in [7, 11) is 0. The molecule has 1 aromatic carbocycles. The molecule has 9 heteroatoms. The molecule has 2 rings (SSSR count). The molecule has 0 spiro atoms. The number of ether oxygens (including phenoxy) is 2. The number of alkyl halides is 2. The molecule has 7 nitrogen and oxygen atoms in total. The van der Waals surface area contributed by atoms with Gasteiger partial charge in [-0.05, 0) is 25.1 Å². The minimum absolute atomic E-state index is 0.0316. The zero-order valence-electron chi connectivity index (χ0n) is 12.1. The normalized spacial score (nSPS) is 10.4. The molecule has 2 aromatic rings. The van der Waals surface area contributed by atoms with Gasteiger partial charge in [0.15, 0.2) is 11.5 Å². The van der Waals surface area contributed by atoms with Crippen LogP contribution in [0, 0.1) is 11.3 Å². The van der Waals surface area contributed by atoms with Crippen LogP contribution in [0.15, 0.2) is 18.2 Å². The smallest absolute Gasteiger partial charge is 0.387 e. The lowest BCUT2D eigenvalue weighted by Gasteiger charge is -2.13. The maximum Gasteiger partial charge on any atom is 0.387 e. The van der Waals surface area contributed by atoms with E-state index in [0.717, 1.165) is 0 Å². The largest absolute Gasteiger partial charge is 0.490 e. The molecule has 0 radical (unpaired) electrons. The average molecular weight is 321 g/mol. The van der Waals surface area contributed by atoms with Gasteiger partial charge in [0.2, 0.25) is 5.95 Å². The number of nitrogen functional groups attached to an aromatic ring is 2. The molecule has 0 amide bonds. The Balaban J connectivity index is 2.57. The van der Waals surface area contributed by atoms with Crippen LogP contribution in [0.1, 0.15) is 12.5 Å². The number of nitriles is 1. The van der Waals surface area contributed by atoms with Crippen molar-refractivity contribution in [1.29, 1.82) is 5.26 Å². The van der Waals surface area contributed by atoms with Gasteiger partial charge in [0.05, 0.1) is 12.3 Å². The maximum atomic E-state index is 12.4. The fraction of sp³-hybridized carbons (Fsp3) is 0.214. The van der Waals surface area contributed by atoms with Gasteiger partial charge in [-0.2, -0.15) is 19.0 Å². The van der Waals surface area contributed by atoms with Gasteiger partial charge in [-0.25, -0.2) is 4.98 Å². The van der Waals surface area contributed by atoms with Gasteiger partial charge in [-0.3, -0.25) is 0 Å². The van der Waals surface area contributed by atoms with Gasteiger partial charge >= 0.3 is 6.61 Å². The quantitative estimate of drug-likeness (QED) is 0.865. The Bertz CT molecular complexity index is 762. The van der Waals surface area contributed by atoms with Crippen molar-refractivity contribution in [3.63, 3.8) is 0 Å². The molecule has 1 heterocycles. The summed E-state index contributed by atoms with van der Waals surface area (Å²) in [6.07, 6.45) is 0. The maximum absolute atomic E-state index is 12.4. The third kappa shape index (κ3) is 3.55. The monoisotopic (exact) mass is 321 g/mol. The number of aromatic nitrogens is 2. The number of hydrogen-bond acceptors (Lipinski definition) is 7. The molecule has 0 atom stereocenters. The fourth-order valence-corrected chi connectivity index (χ4v) is 1.93. The van der Waals surface area contributed by atoms with Crippen LogP contribution in [0.25, 0.3) is 11.3 Å². The third-order valence-electron chi connectivity index (χ3n) is 2.80. The summed E-state index contributed by atoms with van der Waals surface area (Å²) in [4.78, 5) is 7.70. The van der Waals surface area contributed by atoms with Crippen molar-refractivity contribution in [3.8, 4) is 28.8 Å². The number of halogens is 2. The first-order valence-corrected chi connectivity index (χ1v) is 6.51. The van der Waals surface area contributed by atoms with E-state index in [1.165, 1.54) is 18.2 Å². The minimum Gasteiger partial charge on any atom is -0.490 e. The van der Waals surface area contributed by atoms with Gasteiger partial charge in [-0.1, -0.05) is 0 Å². The molecule has 120 valence electrons. The first kappa shape index (κ1) is 16.2. The highest BCUT2D eigenvalue weighted by atomic mass is 19.3. The topological polar surface area (TPSA) is 120 Å². The SMILES string of the molecule is CCOc1cc(-c2nc(N)nc(N)c2C#N)ccc1OC(F)F. The van der Waals surface area contributed by atoms with Crippen molar-refractivity contribution in [2.75, 3.05) is 18.1 Å². The van der Waals surface area contributed by atoms with Gasteiger partial charge in [0.25, 0.3) is 0 Å². The van der Waals surface area contributed by atoms with Gasteiger partial charge < -0.3 is 20.9 Å². The number of nitrogens with two attached hydrogens (primary N) is 2. The molecule has 0 fully saturated rings. The molecular weight excluding hydrogens is 308 g/mol. The Morgan fingerprint density at radius 1 is 1.26 bits per heavy atom. The van der Waals surface area contributed by atoms with E-state index in [0.29, 0.717) is 5.56 Å². The summed E-state index contributed by atoms with van der Waals surface area (Å²) in [5, 5.41) is 9.19. The van der Waals surface area contributed by atoms with Crippen LogP contribution in [-0.4, -0.2) is 23.2 Å². The lowest BCUT2D eigenvalue weighted by atomic mass is 10.1. The second-order valence-corrected chi connectivity index (χ2v) is 4.28. The number of benzene rings is 1. The summed E-state index contributed by atoms with van der Waals surface area (Å²) in [5.41, 5.74) is 11.8. The van der Waals surface area contributed by atoms with E-state index in [1.54, 1.807) is 6.92 Å². The molecule has 0 aliphatic heterocycles. The van der Waals surface area contributed by atoms with E-state index in [4.69, 9.17) is 16.2 Å². The highest BCUT2D eigenvalue weighted by Crippen LogP contribution is 2.35. The summed E-state index contributed by atoms with van der Waals surface area (Å²) in [6.45, 7) is -1.05. The molecule has 0 unspecified atom stereocenters.